The molecule has 0 spiro atoms. The fourth-order valence-electron chi connectivity index (χ4n) is 0.652. The molecule has 0 aliphatic heterocycles. The highest BCUT2D eigenvalue weighted by Crippen LogP contribution is 2.30. The predicted molar refractivity (Wildman–Crippen MR) is 40.9 cm³/mol. The van der Waals surface area contributed by atoms with Crippen molar-refractivity contribution in [2.45, 2.75) is 6.18 Å². The summed E-state index contributed by atoms with van der Waals surface area (Å²) >= 11 is 1.60. The van der Waals surface area contributed by atoms with E-state index < -0.39 is 11.9 Å². The van der Waals surface area contributed by atoms with E-state index in [2.05, 4.69) is 5.10 Å². The molecule has 0 aliphatic rings. The third kappa shape index (κ3) is 1.85. The van der Waals surface area contributed by atoms with Crippen molar-refractivity contribution < 1.29 is 13.2 Å². The van der Waals surface area contributed by atoms with Crippen molar-refractivity contribution in [1.29, 1.82) is 0 Å². The Hall–Kier alpha value is -0.270. The van der Waals surface area contributed by atoms with Gasteiger partial charge in [0.2, 0.25) is 0 Å². The van der Waals surface area contributed by atoms with Gasteiger partial charge in [0, 0.05) is 13.2 Å². The van der Waals surface area contributed by atoms with Crippen LogP contribution in [0.5, 0.6) is 0 Å². The van der Waals surface area contributed by atoms with Crippen LogP contribution in [0, 0.1) is 3.57 Å². The average Bonchev–Trinajstić information content (AvgIpc) is 2.08. The predicted octanol–water partition coefficient (Wildman–Crippen LogP) is 2.04. The monoisotopic (exact) mass is 276 g/mol. The second-order valence-corrected chi connectivity index (χ2v) is 3.16. The first-order valence-electron chi connectivity index (χ1n) is 2.67. The molecule has 62 valence electrons. The Labute approximate surface area is 74.5 Å². The van der Waals surface area contributed by atoms with Crippen LogP contribution in [0.4, 0.5) is 13.2 Å². The lowest BCUT2D eigenvalue weighted by molar-refractivity contribution is -0.142. The van der Waals surface area contributed by atoms with Gasteiger partial charge in [0.25, 0.3) is 0 Å². The molecule has 2 nitrogen and oxygen atoms in total. The smallest absolute Gasteiger partial charge is 0.274 e. The highest BCUT2D eigenvalue weighted by Gasteiger charge is 2.36. The van der Waals surface area contributed by atoms with Gasteiger partial charge in [-0.1, -0.05) is 0 Å². The molecule has 1 aromatic rings. The molecule has 1 aromatic heterocycles. The highest BCUT2D eigenvalue weighted by molar-refractivity contribution is 14.1. The standard InChI is InChI=1S/C5H4F3IN2/c1-11-2-3(9)4(10-11)5(6,7)8/h2H,1H3. The highest BCUT2D eigenvalue weighted by atomic mass is 127. The summed E-state index contributed by atoms with van der Waals surface area (Å²) in [7, 11) is 1.46. The molecular formula is C5H4F3IN2. The maximum atomic E-state index is 12.0. The van der Waals surface area contributed by atoms with E-state index in [9.17, 15) is 13.2 Å². The third-order valence-electron chi connectivity index (χ3n) is 1.05. The van der Waals surface area contributed by atoms with Gasteiger partial charge in [0.1, 0.15) is 0 Å². The summed E-state index contributed by atoms with van der Waals surface area (Å²) in [6, 6.07) is 0. The summed E-state index contributed by atoms with van der Waals surface area (Å²) in [5.74, 6) is 0. The second-order valence-electron chi connectivity index (χ2n) is 2.00. The number of halogens is 4. The van der Waals surface area contributed by atoms with Crippen molar-refractivity contribution in [1.82, 2.24) is 9.78 Å². The van der Waals surface area contributed by atoms with Crippen molar-refractivity contribution >= 4 is 22.6 Å². The van der Waals surface area contributed by atoms with Gasteiger partial charge in [0.15, 0.2) is 5.69 Å². The van der Waals surface area contributed by atoms with Gasteiger partial charge in [0.05, 0.1) is 3.57 Å². The van der Waals surface area contributed by atoms with Crippen LogP contribution < -0.4 is 0 Å². The van der Waals surface area contributed by atoms with E-state index in [0.29, 0.717) is 0 Å². The summed E-state index contributed by atoms with van der Waals surface area (Å²) in [6.45, 7) is 0. The molecule has 0 N–H and O–H groups in total. The Balaban J connectivity index is 3.13. The van der Waals surface area contributed by atoms with Crippen LogP contribution in [0.25, 0.3) is 0 Å². The molecular weight excluding hydrogens is 272 g/mol. The average molecular weight is 276 g/mol. The summed E-state index contributed by atoms with van der Waals surface area (Å²) in [5, 5.41) is 3.27. The molecule has 11 heavy (non-hydrogen) atoms. The van der Waals surface area contributed by atoms with Gasteiger partial charge in [-0.3, -0.25) is 4.68 Å². The minimum atomic E-state index is -4.34. The third-order valence-corrected chi connectivity index (χ3v) is 1.84. The normalized spacial score (nSPS) is 12.1. The number of rotatable bonds is 0. The Bertz CT molecular complexity index is 265. The van der Waals surface area contributed by atoms with Crippen LogP contribution in [0.15, 0.2) is 6.20 Å². The van der Waals surface area contributed by atoms with Crippen LogP contribution in [0.3, 0.4) is 0 Å². The maximum absolute atomic E-state index is 12.0. The Morgan fingerprint density at radius 2 is 2.09 bits per heavy atom. The van der Waals surface area contributed by atoms with E-state index in [4.69, 9.17) is 0 Å². The van der Waals surface area contributed by atoms with Crippen LogP contribution in [0.2, 0.25) is 0 Å². The first-order chi connectivity index (χ1) is 4.91. The fourth-order valence-corrected chi connectivity index (χ4v) is 1.47. The quantitative estimate of drug-likeness (QED) is 0.663. The van der Waals surface area contributed by atoms with Crippen molar-refractivity contribution in [3.05, 3.63) is 15.5 Å². The van der Waals surface area contributed by atoms with E-state index in [0.717, 1.165) is 4.68 Å². The molecule has 0 atom stereocenters. The molecule has 0 fully saturated rings. The molecule has 0 unspecified atom stereocenters. The summed E-state index contributed by atoms with van der Waals surface area (Å²) in [4.78, 5) is 0. The molecule has 0 amide bonds. The van der Waals surface area contributed by atoms with Gasteiger partial charge in [-0.15, -0.1) is 0 Å². The molecule has 0 radical (unpaired) electrons. The Morgan fingerprint density at radius 1 is 1.55 bits per heavy atom. The Kier molecular flexibility index (Phi) is 2.13. The molecule has 1 heterocycles. The van der Waals surface area contributed by atoms with E-state index in [1.165, 1.54) is 13.2 Å². The van der Waals surface area contributed by atoms with Crippen molar-refractivity contribution in [3.8, 4) is 0 Å². The summed E-state index contributed by atoms with van der Waals surface area (Å²) < 4.78 is 37.2. The number of nitrogens with zero attached hydrogens (tertiary/aromatic N) is 2. The van der Waals surface area contributed by atoms with Gasteiger partial charge in [-0.2, -0.15) is 18.3 Å². The zero-order valence-electron chi connectivity index (χ0n) is 5.48. The number of alkyl halides is 3. The lowest BCUT2D eigenvalue weighted by atomic mass is 10.4. The molecule has 1 rings (SSSR count). The number of hydrogen-bond donors (Lipinski definition) is 0. The zero-order chi connectivity index (χ0) is 8.65. The largest absolute Gasteiger partial charge is 0.436 e. The lowest BCUT2D eigenvalue weighted by Gasteiger charge is -2.00. The van der Waals surface area contributed by atoms with Gasteiger partial charge >= 0.3 is 6.18 Å². The molecule has 6 heteroatoms. The summed E-state index contributed by atoms with van der Waals surface area (Å²) in [6.07, 6.45) is -3.01. The SMILES string of the molecule is Cn1cc(I)c(C(F)(F)F)n1. The molecule has 0 saturated heterocycles. The maximum Gasteiger partial charge on any atom is 0.436 e. The first kappa shape index (κ1) is 8.82. The second kappa shape index (κ2) is 2.65. The minimum Gasteiger partial charge on any atom is -0.274 e. The lowest BCUT2D eigenvalue weighted by Crippen LogP contribution is -2.08. The first-order valence-corrected chi connectivity index (χ1v) is 3.75. The molecule has 0 aromatic carbocycles. The van der Waals surface area contributed by atoms with Crippen molar-refractivity contribution in [3.63, 3.8) is 0 Å². The zero-order valence-corrected chi connectivity index (χ0v) is 7.64. The summed E-state index contributed by atoms with van der Waals surface area (Å²) in [5.41, 5.74) is -0.819. The topological polar surface area (TPSA) is 17.8 Å². The van der Waals surface area contributed by atoms with Gasteiger partial charge in [-0.25, -0.2) is 0 Å². The van der Waals surface area contributed by atoms with Gasteiger partial charge < -0.3 is 0 Å². The molecule has 0 saturated carbocycles. The van der Waals surface area contributed by atoms with E-state index in [1.54, 1.807) is 22.6 Å². The van der Waals surface area contributed by atoms with Crippen LogP contribution in [-0.2, 0) is 13.2 Å². The fraction of sp³-hybridized carbons (Fsp3) is 0.400. The van der Waals surface area contributed by atoms with E-state index in [-0.39, 0.29) is 3.57 Å². The minimum absolute atomic E-state index is 0.123. The van der Waals surface area contributed by atoms with E-state index >= 15 is 0 Å². The molecule has 0 aliphatic carbocycles. The number of aryl methyl sites for hydroxylation is 1. The number of aromatic nitrogens is 2. The number of hydrogen-bond acceptors (Lipinski definition) is 1. The van der Waals surface area contributed by atoms with Gasteiger partial charge in [-0.05, 0) is 22.6 Å². The van der Waals surface area contributed by atoms with E-state index in [1.807, 2.05) is 0 Å². The van der Waals surface area contributed by atoms with Crippen molar-refractivity contribution in [2.24, 2.45) is 7.05 Å². The van der Waals surface area contributed by atoms with Crippen LogP contribution in [-0.4, -0.2) is 9.78 Å². The van der Waals surface area contributed by atoms with Crippen LogP contribution >= 0.6 is 22.6 Å². The van der Waals surface area contributed by atoms with Crippen LogP contribution in [0.1, 0.15) is 5.69 Å². The molecule has 0 bridgehead atoms. The van der Waals surface area contributed by atoms with Crippen molar-refractivity contribution in [2.75, 3.05) is 0 Å². The Morgan fingerprint density at radius 3 is 2.27 bits per heavy atom.